The van der Waals surface area contributed by atoms with Gasteiger partial charge < -0.3 is 4.74 Å². The van der Waals surface area contributed by atoms with Crippen LogP contribution >= 0.6 is 15.9 Å². The summed E-state index contributed by atoms with van der Waals surface area (Å²) in [6, 6.07) is 4.44. The van der Waals surface area contributed by atoms with Crippen molar-refractivity contribution in [1.82, 2.24) is 0 Å². The third kappa shape index (κ3) is 2.02. The van der Waals surface area contributed by atoms with Crippen LogP contribution in [0.1, 0.15) is 32.1 Å². The fourth-order valence-electron chi connectivity index (χ4n) is 3.23. The number of hydrogen-bond acceptors (Lipinski definition) is 4. The van der Waals surface area contributed by atoms with Crippen molar-refractivity contribution in [3.63, 3.8) is 0 Å². The van der Waals surface area contributed by atoms with E-state index < -0.39 is 4.92 Å². The third-order valence-corrected chi connectivity index (χ3v) is 5.09. The molecule has 2 aliphatic carbocycles. The minimum atomic E-state index is -0.448. The molecule has 5 nitrogen and oxygen atoms in total. The van der Waals surface area contributed by atoms with E-state index >= 15 is 0 Å². The Morgan fingerprint density at radius 2 is 2.05 bits per heavy atom. The Morgan fingerprint density at radius 3 is 2.65 bits per heavy atom. The first-order chi connectivity index (χ1) is 9.53. The zero-order chi connectivity index (χ0) is 14.3. The van der Waals surface area contributed by atoms with Crippen LogP contribution in [0.3, 0.4) is 0 Å². The van der Waals surface area contributed by atoms with E-state index in [-0.39, 0.29) is 23.0 Å². The van der Waals surface area contributed by atoms with Crippen molar-refractivity contribution in [1.29, 1.82) is 0 Å². The largest absolute Gasteiger partial charge is 0.487 e. The van der Waals surface area contributed by atoms with Crippen LogP contribution in [0.5, 0.6) is 5.75 Å². The van der Waals surface area contributed by atoms with Crippen LogP contribution in [0.2, 0.25) is 0 Å². The summed E-state index contributed by atoms with van der Waals surface area (Å²) >= 11 is 3.34. The Morgan fingerprint density at radius 1 is 1.35 bits per heavy atom. The smallest absolute Gasteiger partial charge is 0.273 e. The molecule has 6 heteroatoms. The molecule has 1 atom stereocenters. The van der Waals surface area contributed by atoms with Gasteiger partial charge in [0.1, 0.15) is 17.6 Å². The molecule has 1 aromatic rings. The maximum atomic E-state index is 11.9. The molecule has 0 aromatic heterocycles. The molecule has 0 heterocycles. The number of carbonyl (C=O) groups excluding carboxylic acids is 1. The van der Waals surface area contributed by atoms with Gasteiger partial charge in [-0.2, -0.15) is 0 Å². The van der Waals surface area contributed by atoms with Crippen LogP contribution in [0.25, 0.3) is 0 Å². The molecule has 0 saturated heterocycles. The normalized spacial score (nSPS) is 23.6. The molecule has 106 valence electrons. The van der Waals surface area contributed by atoms with Gasteiger partial charge in [-0.3, -0.25) is 14.9 Å². The number of nitro benzene ring substituents is 1. The summed E-state index contributed by atoms with van der Waals surface area (Å²) in [7, 11) is 0. The van der Waals surface area contributed by atoms with E-state index in [1.54, 1.807) is 6.07 Å². The van der Waals surface area contributed by atoms with Crippen molar-refractivity contribution < 1.29 is 14.5 Å². The number of rotatable bonds is 3. The second-order valence-corrected chi connectivity index (χ2v) is 6.32. The molecule has 0 radical (unpaired) electrons. The molecule has 1 spiro atoms. The van der Waals surface area contributed by atoms with Gasteiger partial charge in [0.2, 0.25) is 0 Å². The molecule has 3 rings (SSSR count). The van der Waals surface area contributed by atoms with Gasteiger partial charge in [-0.05, 0) is 34.8 Å². The second kappa shape index (κ2) is 4.84. The predicted molar refractivity (Wildman–Crippen MR) is 75.7 cm³/mol. The molecular weight excluding hydrogens is 326 g/mol. The quantitative estimate of drug-likeness (QED) is 0.622. The molecule has 0 aliphatic heterocycles. The molecule has 2 saturated carbocycles. The number of nitro groups is 1. The lowest BCUT2D eigenvalue weighted by molar-refractivity contribution is -0.385. The number of halogens is 1. The maximum absolute atomic E-state index is 11.9. The lowest BCUT2D eigenvalue weighted by Crippen LogP contribution is -2.55. The first-order valence-corrected chi connectivity index (χ1v) is 7.46. The Kier molecular flexibility index (Phi) is 3.28. The van der Waals surface area contributed by atoms with Crippen LogP contribution in [-0.4, -0.2) is 16.8 Å². The van der Waals surface area contributed by atoms with Gasteiger partial charge in [0, 0.05) is 12.5 Å². The van der Waals surface area contributed by atoms with Gasteiger partial charge in [0.05, 0.1) is 20.9 Å². The number of non-ortho nitro benzene ring substituents is 1. The molecular formula is C14H14BrNO4. The number of ketones is 1. The average molecular weight is 340 g/mol. The van der Waals surface area contributed by atoms with E-state index in [4.69, 9.17) is 4.74 Å². The zero-order valence-corrected chi connectivity index (χ0v) is 12.4. The fourth-order valence-corrected chi connectivity index (χ4v) is 3.57. The van der Waals surface area contributed by atoms with Crippen molar-refractivity contribution >= 4 is 27.4 Å². The molecule has 1 aromatic carbocycles. The lowest BCUT2D eigenvalue weighted by Gasteiger charge is -2.44. The highest BCUT2D eigenvalue weighted by molar-refractivity contribution is 9.10. The van der Waals surface area contributed by atoms with E-state index in [9.17, 15) is 14.9 Å². The average Bonchev–Trinajstić information content (AvgIpc) is 2.92. The molecule has 2 aliphatic rings. The molecule has 20 heavy (non-hydrogen) atoms. The topological polar surface area (TPSA) is 69.4 Å². The number of nitrogens with zero attached hydrogens (tertiary/aromatic N) is 1. The van der Waals surface area contributed by atoms with E-state index in [2.05, 4.69) is 15.9 Å². The van der Waals surface area contributed by atoms with Gasteiger partial charge in [-0.15, -0.1) is 0 Å². The summed E-state index contributed by atoms with van der Waals surface area (Å²) in [5.74, 6) is 0.726. The molecule has 2 fully saturated rings. The van der Waals surface area contributed by atoms with Crippen molar-refractivity contribution in [2.75, 3.05) is 0 Å². The van der Waals surface area contributed by atoms with Crippen molar-refractivity contribution in [3.8, 4) is 5.75 Å². The predicted octanol–water partition coefficient (Wildman–Crippen LogP) is 3.64. The summed E-state index contributed by atoms with van der Waals surface area (Å²) < 4.78 is 6.58. The molecule has 1 unspecified atom stereocenters. The first-order valence-electron chi connectivity index (χ1n) is 6.67. The summed E-state index contributed by atoms with van der Waals surface area (Å²) in [5, 5.41) is 10.8. The Hall–Kier alpha value is -1.43. The minimum absolute atomic E-state index is 0.00526. The van der Waals surface area contributed by atoms with Gasteiger partial charge in [0.25, 0.3) is 5.69 Å². The van der Waals surface area contributed by atoms with Crippen LogP contribution < -0.4 is 4.74 Å². The van der Waals surface area contributed by atoms with E-state index in [0.717, 1.165) is 25.7 Å². The number of hydrogen-bond donors (Lipinski definition) is 0. The Labute approximate surface area is 124 Å². The van der Waals surface area contributed by atoms with Crippen LogP contribution in [0.4, 0.5) is 5.69 Å². The third-order valence-electron chi connectivity index (χ3n) is 4.43. The highest BCUT2D eigenvalue weighted by Gasteiger charge is 2.57. The second-order valence-electron chi connectivity index (χ2n) is 5.47. The maximum Gasteiger partial charge on any atom is 0.273 e. The monoisotopic (exact) mass is 339 g/mol. The number of Topliss-reactive ketones (excluding diaryl/α,β-unsaturated/α-hetero) is 1. The van der Waals surface area contributed by atoms with Gasteiger partial charge in [-0.25, -0.2) is 0 Å². The van der Waals surface area contributed by atoms with E-state index in [0.29, 0.717) is 16.6 Å². The molecule has 0 N–H and O–H groups in total. The van der Waals surface area contributed by atoms with E-state index in [1.165, 1.54) is 12.1 Å². The zero-order valence-electron chi connectivity index (χ0n) is 10.8. The number of ether oxygens (including phenoxy) is 1. The van der Waals surface area contributed by atoms with Gasteiger partial charge >= 0.3 is 0 Å². The van der Waals surface area contributed by atoms with Gasteiger partial charge in [0.15, 0.2) is 0 Å². The Bertz CT molecular complexity index is 581. The van der Waals surface area contributed by atoms with Gasteiger partial charge in [-0.1, -0.05) is 12.8 Å². The SMILES string of the molecule is O=C1CC(Oc2cc([N+](=O)[O-])ccc2Br)C12CCCC2. The lowest BCUT2D eigenvalue weighted by atomic mass is 9.63. The standard InChI is InChI=1S/C14H14BrNO4/c15-10-4-3-9(16(18)19)7-11(10)20-13-8-12(17)14(13)5-1-2-6-14/h3-4,7,13H,1-2,5-6,8H2. The van der Waals surface area contributed by atoms with Crippen LogP contribution in [0.15, 0.2) is 22.7 Å². The number of carbonyl (C=O) groups is 1. The highest BCUT2D eigenvalue weighted by atomic mass is 79.9. The summed E-state index contributed by atoms with van der Waals surface area (Å²) in [5.41, 5.74) is -0.335. The van der Waals surface area contributed by atoms with Crippen LogP contribution in [-0.2, 0) is 4.79 Å². The van der Waals surface area contributed by atoms with Crippen molar-refractivity contribution in [2.24, 2.45) is 5.41 Å². The molecule has 0 amide bonds. The van der Waals surface area contributed by atoms with Crippen LogP contribution in [0, 0.1) is 15.5 Å². The van der Waals surface area contributed by atoms with Crippen molar-refractivity contribution in [3.05, 3.63) is 32.8 Å². The summed E-state index contributed by atoms with van der Waals surface area (Å²) in [6.45, 7) is 0. The first kappa shape index (κ1) is 13.5. The highest BCUT2D eigenvalue weighted by Crippen LogP contribution is 2.52. The summed E-state index contributed by atoms with van der Waals surface area (Å²) in [6.07, 6.45) is 4.14. The Balaban J connectivity index is 1.83. The molecule has 0 bridgehead atoms. The van der Waals surface area contributed by atoms with Crippen molar-refractivity contribution in [2.45, 2.75) is 38.2 Å². The summed E-state index contributed by atoms with van der Waals surface area (Å²) in [4.78, 5) is 22.3. The minimum Gasteiger partial charge on any atom is -0.487 e. The number of benzene rings is 1. The fraction of sp³-hybridized carbons (Fsp3) is 0.500. The van der Waals surface area contributed by atoms with E-state index in [1.807, 2.05) is 0 Å².